The monoisotopic (exact) mass is 463 g/mol. The van der Waals surface area contributed by atoms with Crippen molar-refractivity contribution in [1.29, 1.82) is 0 Å². The minimum atomic E-state index is -0.00600. The minimum absolute atomic E-state index is 0.00600. The molecule has 28 heavy (non-hydrogen) atoms. The van der Waals surface area contributed by atoms with Gasteiger partial charge in [-0.05, 0) is 58.7 Å². The normalized spacial score (nSPS) is 11.1. The van der Waals surface area contributed by atoms with Crippen LogP contribution in [0.25, 0.3) is 0 Å². The highest BCUT2D eigenvalue weighted by Gasteiger charge is 2.04. The molecule has 3 nitrogen and oxygen atoms in total. The highest BCUT2D eigenvalue weighted by atomic mass is 79.9. The van der Waals surface area contributed by atoms with Crippen LogP contribution < -0.4 is 10.1 Å². The fraction of sp³-hybridized carbons (Fsp3) is 0.435. The van der Waals surface area contributed by atoms with Crippen LogP contribution in [0.4, 0.5) is 5.69 Å². The van der Waals surface area contributed by atoms with Gasteiger partial charge < -0.3 is 10.1 Å². The van der Waals surface area contributed by atoms with E-state index in [4.69, 9.17) is 4.74 Å². The molecule has 1 aromatic heterocycles. The molecule has 0 radical (unpaired) electrons. The molecule has 0 bridgehead atoms. The quantitative estimate of drug-likeness (QED) is 0.176. The predicted molar refractivity (Wildman–Crippen MR) is 124 cm³/mol. The molecule has 0 spiro atoms. The molecule has 0 atom stereocenters. The summed E-state index contributed by atoms with van der Waals surface area (Å²) in [4.78, 5) is 12.7. The maximum Gasteiger partial charge on any atom is 0.197 e. The standard InChI is InChI=1S/C23H30BrNO2S/c1-2-3-4-5-6-7-8-9-18-27-20-12-10-19(11-13-20)25-17-16-21(26)22-14-15-23(24)28-22/h10-17,25H,2-9,18H2,1H3/b17-16-. The van der Waals surface area contributed by atoms with Gasteiger partial charge in [-0.15, -0.1) is 11.3 Å². The lowest BCUT2D eigenvalue weighted by Gasteiger charge is -2.07. The smallest absolute Gasteiger partial charge is 0.197 e. The molecular formula is C23H30BrNO2S. The first-order valence-electron chi connectivity index (χ1n) is 10.1. The largest absolute Gasteiger partial charge is 0.494 e. The highest BCUT2D eigenvalue weighted by molar-refractivity contribution is 9.11. The lowest BCUT2D eigenvalue weighted by atomic mass is 10.1. The fourth-order valence-electron chi connectivity index (χ4n) is 2.82. The maximum absolute atomic E-state index is 12.0. The summed E-state index contributed by atoms with van der Waals surface area (Å²) in [6.45, 7) is 3.02. The van der Waals surface area contributed by atoms with E-state index in [9.17, 15) is 4.79 Å². The molecule has 0 amide bonds. The molecule has 0 saturated carbocycles. The van der Waals surface area contributed by atoms with Gasteiger partial charge in [0.05, 0.1) is 15.3 Å². The molecule has 0 fully saturated rings. The summed E-state index contributed by atoms with van der Waals surface area (Å²) in [6.07, 6.45) is 13.6. The van der Waals surface area contributed by atoms with E-state index >= 15 is 0 Å². The molecule has 0 aliphatic rings. The molecule has 0 saturated heterocycles. The van der Waals surface area contributed by atoms with Gasteiger partial charge in [0.2, 0.25) is 0 Å². The van der Waals surface area contributed by atoms with Gasteiger partial charge in [0.25, 0.3) is 0 Å². The number of unbranched alkanes of at least 4 members (excludes halogenated alkanes) is 7. The molecule has 5 heteroatoms. The van der Waals surface area contributed by atoms with E-state index < -0.39 is 0 Å². The number of benzene rings is 1. The Kier molecular flexibility index (Phi) is 11.0. The van der Waals surface area contributed by atoms with Gasteiger partial charge in [-0.2, -0.15) is 0 Å². The minimum Gasteiger partial charge on any atom is -0.494 e. The first-order chi connectivity index (χ1) is 13.7. The summed E-state index contributed by atoms with van der Waals surface area (Å²) in [5.41, 5.74) is 0.927. The molecule has 1 heterocycles. The number of carbonyl (C=O) groups excluding carboxylic acids is 1. The highest BCUT2D eigenvalue weighted by Crippen LogP contribution is 2.22. The van der Waals surface area contributed by atoms with Crippen LogP contribution in [-0.4, -0.2) is 12.4 Å². The van der Waals surface area contributed by atoms with E-state index in [-0.39, 0.29) is 5.78 Å². The van der Waals surface area contributed by atoms with E-state index in [0.29, 0.717) is 0 Å². The van der Waals surface area contributed by atoms with Gasteiger partial charge >= 0.3 is 0 Å². The average Bonchev–Trinajstić information content (AvgIpc) is 3.14. The molecule has 152 valence electrons. The van der Waals surface area contributed by atoms with Crippen molar-refractivity contribution in [2.24, 2.45) is 0 Å². The number of hydrogen-bond acceptors (Lipinski definition) is 4. The van der Waals surface area contributed by atoms with Gasteiger partial charge in [0.15, 0.2) is 5.78 Å². The van der Waals surface area contributed by atoms with Crippen LogP contribution >= 0.6 is 27.3 Å². The third-order valence-electron chi connectivity index (χ3n) is 4.42. The Morgan fingerprint density at radius 1 is 1.00 bits per heavy atom. The fourth-order valence-corrected chi connectivity index (χ4v) is 4.12. The first kappa shape index (κ1) is 22.7. The molecule has 1 aromatic carbocycles. The average molecular weight is 464 g/mol. The molecule has 0 unspecified atom stereocenters. The van der Waals surface area contributed by atoms with E-state index in [1.807, 2.05) is 36.4 Å². The Bertz CT molecular complexity index is 724. The molecule has 0 aliphatic heterocycles. The Balaban J connectivity index is 1.59. The van der Waals surface area contributed by atoms with Crippen LogP contribution in [0.2, 0.25) is 0 Å². The van der Waals surface area contributed by atoms with E-state index in [2.05, 4.69) is 28.2 Å². The van der Waals surface area contributed by atoms with Crippen LogP contribution in [0.15, 0.2) is 52.5 Å². The van der Waals surface area contributed by atoms with Crippen LogP contribution in [-0.2, 0) is 0 Å². The van der Waals surface area contributed by atoms with Crippen molar-refractivity contribution in [2.75, 3.05) is 11.9 Å². The van der Waals surface area contributed by atoms with Crippen molar-refractivity contribution in [3.05, 3.63) is 57.3 Å². The third-order valence-corrected chi connectivity index (χ3v) is 6.06. The first-order valence-corrected chi connectivity index (χ1v) is 11.8. The van der Waals surface area contributed by atoms with Crippen molar-refractivity contribution < 1.29 is 9.53 Å². The van der Waals surface area contributed by atoms with Gasteiger partial charge in [-0.3, -0.25) is 4.79 Å². The number of ether oxygens (including phenoxy) is 1. The number of anilines is 1. The van der Waals surface area contributed by atoms with Crippen LogP contribution in [0.5, 0.6) is 5.75 Å². The number of ketones is 1. The summed E-state index contributed by atoms with van der Waals surface area (Å²) < 4.78 is 6.76. The Morgan fingerprint density at radius 2 is 1.68 bits per heavy atom. The zero-order chi connectivity index (χ0) is 20.0. The predicted octanol–water partition coefficient (Wildman–Crippen LogP) is 7.84. The summed E-state index contributed by atoms with van der Waals surface area (Å²) in [5, 5.41) is 3.12. The molecule has 1 N–H and O–H groups in total. The molecule has 2 aromatic rings. The van der Waals surface area contributed by atoms with Gasteiger partial charge in [-0.25, -0.2) is 0 Å². The number of nitrogens with one attached hydrogen (secondary N) is 1. The second kappa shape index (κ2) is 13.6. The van der Waals surface area contributed by atoms with Crippen LogP contribution in [0.3, 0.4) is 0 Å². The van der Waals surface area contributed by atoms with Crippen molar-refractivity contribution >= 4 is 38.7 Å². The topological polar surface area (TPSA) is 38.3 Å². The lowest BCUT2D eigenvalue weighted by molar-refractivity contribution is 0.105. The van der Waals surface area contributed by atoms with Crippen LogP contribution in [0.1, 0.15) is 68.0 Å². The summed E-state index contributed by atoms with van der Waals surface area (Å²) >= 11 is 4.80. The summed E-state index contributed by atoms with van der Waals surface area (Å²) in [5.74, 6) is 0.880. The van der Waals surface area contributed by atoms with E-state index in [1.54, 1.807) is 12.3 Å². The van der Waals surface area contributed by atoms with Crippen molar-refractivity contribution in [1.82, 2.24) is 0 Å². The van der Waals surface area contributed by atoms with Crippen molar-refractivity contribution in [3.63, 3.8) is 0 Å². The number of rotatable bonds is 14. The Morgan fingerprint density at radius 3 is 2.32 bits per heavy atom. The Labute approximate surface area is 181 Å². The SMILES string of the molecule is CCCCCCCCCCOc1ccc(N/C=C\C(=O)c2ccc(Br)s2)cc1. The third kappa shape index (κ3) is 9.07. The van der Waals surface area contributed by atoms with Crippen LogP contribution in [0, 0.1) is 0 Å². The molecular weight excluding hydrogens is 434 g/mol. The summed E-state index contributed by atoms with van der Waals surface area (Å²) in [7, 11) is 0. The number of carbonyl (C=O) groups is 1. The second-order valence-electron chi connectivity index (χ2n) is 6.79. The van der Waals surface area contributed by atoms with Gasteiger partial charge in [0.1, 0.15) is 5.75 Å². The zero-order valence-corrected chi connectivity index (χ0v) is 19.0. The second-order valence-corrected chi connectivity index (χ2v) is 9.26. The van der Waals surface area contributed by atoms with E-state index in [1.165, 1.54) is 56.3 Å². The van der Waals surface area contributed by atoms with Crippen molar-refractivity contribution in [3.8, 4) is 5.75 Å². The number of allylic oxidation sites excluding steroid dienone is 1. The zero-order valence-electron chi connectivity index (χ0n) is 16.6. The molecule has 2 rings (SSSR count). The number of hydrogen-bond donors (Lipinski definition) is 1. The van der Waals surface area contributed by atoms with Gasteiger partial charge in [0, 0.05) is 18.0 Å². The summed E-state index contributed by atoms with van der Waals surface area (Å²) in [6, 6.07) is 11.5. The van der Waals surface area contributed by atoms with Crippen molar-refractivity contribution in [2.45, 2.75) is 58.3 Å². The number of thiophene rings is 1. The Hall–Kier alpha value is -1.59. The lowest BCUT2D eigenvalue weighted by Crippen LogP contribution is -1.97. The number of halogens is 1. The van der Waals surface area contributed by atoms with Gasteiger partial charge in [-0.1, -0.05) is 51.9 Å². The molecule has 0 aliphatic carbocycles. The van der Waals surface area contributed by atoms with E-state index in [0.717, 1.165) is 33.1 Å². The maximum atomic E-state index is 12.0.